The molecule has 0 aliphatic heterocycles. The molecular formula is C19H18N2. The van der Waals surface area contributed by atoms with Crippen LogP contribution in [0, 0.1) is 0 Å². The van der Waals surface area contributed by atoms with Crippen LogP contribution in [0.1, 0.15) is 5.69 Å². The van der Waals surface area contributed by atoms with Gasteiger partial charge in [0.1, 0.15) is 0 Å². The van der Waals surface area contributed by atoms with Gasteiger partial charge in [-0.15, -0.1) is 0 Å². The van der Waals surface area contributed by atoms with E-state index in [0.29, 0.717) is 0 Å². The molecule has 0 amide bonds. The number of para-hydroxylation sites is 1. The second-order valence-corrected chi connectivity index (χ2v) is 4.39. The SMILES string of the molecule is C=C/C=C(/C=C\C=C\c1cc2ccccc2[nH]1)\C=N/C=C. The highest BCUT2D eigenvalue weighted by molar-refractivity contribution is 5.84. The van der Waals surface area contributed by atoms with Crippen LogP contribution in [0.25, 0.3) is 17.0 Å². The summed E-state index contributed by atoms with van der Waals surface area (Å²) in [6.07, 6.45) is 14.8. The maximum atomic E-state index is 4.00. The molecule has 0 atom stereocenters. The summed E-state index contributed by atoms with van der Waals surface area (Å²) in [6.45, 7) is 7.24. The number of H-pyrrole nitrogens is 1. The molecule has 21 heavy (non-hydrogen) atoms. The number of hydrogen-bond acceptors (Lipinski definition) is 1. The van der Waals surface area contributed by atoms with Crippen molar-refractivity contribution in [3.05, 3.63) is 91.3 Å². The standard InChI is InChI=1S/C19H18N2/c1-3-9-16(15-20-4-2)10-5-7-12-18-14-17-11-6-8-13-19(17)21-18/h3-15,21H,1-2H2/b10-5-,12-7+,16-9-,20-15-. The number of benzene rings is 1. The molecule has 104 valence electrons. The number of rotatable bonds is 6. The third-order valence-electron chi connectivity index (χ3n) is 2.87. The molecule has 0 aliphatic carbocycles. The lowest BCUT2D eigenvalue weighted by Crippen LogP contribution is -1.77. The molecule has 2 aromatic rings. The highest BCUT2D eigenvalue weighted by atomic mass is 14.7. The number of nitrogens with one attached hydrogen (secondary N) is 1. The van der Waals surface area contributed by atoms with Gasteiger partial charge in [0.25, 0.3) is 0 Å². The Morgan fingerprint density at radius 2 is 2.00 bits per heavy atom. The number of nitrogens with zero attached hydrogens (tertiary/aromatic N) is 1. The molecule has 2 nitrogen and oxygen atoms in total. The van der Waals surface area contributed by atoms with Crippen LogP contribution in [0.5, 0.6) is 0 Å². The molecule has 0 radical (unpaired) electrons. The summed E-state index contributed by atoms with van der Waals surface area (Å²) in [6, 6.07) is 10.3. The zero-order chi connectivity index (χ0) is 14.9. The Kier molecular flexibility index (Phi) is 5.30. The van der Waals surface area contributed by atoms with Gasteiger partial charge in [-0.3, -0.25) is 4.99 Å². The van der Waals surface area contributed by atoms with E-state index >= 15 is 0 Å². The first-order valence-corrected chi connectivity index (χ1v) is 6.73. The maximum absolute atomic E-state index is 4.00. The molecular weight excluding hydrogens is 256 g/mol. The monoisotopic (exact) mass is 274 g/mol. The number of hydrogen-bond donors (Lipinski definition) is 1. The molecule has 0 fully saturated rings. The smallest absolute Gasteiger partial charge is 0.0458 e. The minimum absolute atomic E-state index is 0.964. The molecule has 1 N–H and O–H groups in total. The molecule has 1 heterocycles. The van der Waals surface area contributed by atoms with Crippen LogP contribution in [0.2, 0.25) is 0 Å². The predicted molar refractivity (Wildman–Crippen MR) is 93.4 cm³/mol. The first kappa shape index (κ1) is 14.5. The van der Waals surface area contributed by atoms with Crippen molar-refractivity contribution in [3.8, 4) is 0 Å². The quantitative estimate of drug-likeness (QED) is 0.563. The van der Waals surface area contributed by atoms with Crippen LogP contribution in [0.3, 0.4) is 0 Å². The third kappa shape index (κ3) is 4.32. The zero-order valence-electron chi connectivity index (χ0n) is 11.9. The molecule has 1 aromatic carbocycles. The van der Waals surface area contributed by atoms with Gasteiger partial charge >= 0.3 is 0 Å². The molecule has 2 rings (SSSR count). The van der Waals surface area contributed by atoms with Crippen LogP contribution < -0.4 is 0 Å². The van der Waals surface area contributed by atoms with Gasteiger partial charge in [0.05, 0.1) is 0 Å². The van der Waals surface area contributed by atoms with Crippen LogP contribution >= 0.6 is 0 Å². The number of aromatic nitrogens is 1. The highest BCUT2D eigenvalue weighted by Crippen LogP contribution is 2.15. The molecule has 0 bridgehead atoms. The third-order valence-corrected chi connectivity index (χ3v) is 2.87. The van der Waals surface area contributed by atoms with Crippen molar-refractivity contribution in [2.45, 2.75) is 0 Å². The summed E-state index contributed by atoms with van der Waals surface area (Å²) in [4.78, 5) is 7.35. The zero-order valence-corrected chi connectivity index (χ0v) is 11.9. The fourth-order valence-electron chi connectivity index (χ4n) is 1.93. The predicted octanol–water partition coefficient (Wildman–Crippen LogP) is 5.06. The van der Waals surface area contributed by atoms with Crippen molar-refractivity contribution in [3.63, 3.8) is 0 Å². The Bertz CT molecular complexity index is 707. The van der Waals surface area contributed by atoms with Crippen molar-refractivity contribution < 1.29 is 0 Å². The van der Waals surface area contributed by atoms with E-state index in [1.165, 1.54) is 11.6 Å². The largest absolute Gasteiger partial charge is 0.355 e. The highest BCUT2D eigenvalue weighted by Gasteiger charge is 1.95. The van der Waals surface area contributed by atoms with Crippen LogP contribution in [0.4, 0.5) is 0 Å². The van der Waals surface area contributed by atoms with Crippen molar-refractivity contribution in [1.29, 1.82) is 0 Å². The number of allylic oxidation sites excluding steroid dienone is 6. The number of aliphatic imine (C=N–C) groups is 1. The molecule has 2 heteroatoms. The fraction of sp³-hybridized carbons (Fsp3) is 0. The van der Waals surface area contributed by atoms with E-state index in [9.17, 15) is 0 Å². The topological polar surface area (TPSA) is 28.1 Å². The molecule has 0 saturated heterocycles. The summed E-state index contributed by atoms with van der Waals surface area (Å²) in [5, 5.41) is 1.21. The average molecular weight is 274 g/mol. The van der Waals surface area contributed by atoms with E-state index in [4.69, 9.17) is 0 Å². The minimum Gasteiger partial charge on any atom is -0.355 e. The molecule has 1 aromatic heterocycles. The first-order chi connectivity index (χ1) is 10.3. The maximum Gasteiger partial charge on any atom is 0.0458 e. The van der Waals surface area contributed by atoms with Gasteiger partial charge in [-0.2, -0.15) is 0 Å². The van der Waals surface area contributed by atoms with E-state index in [0.717, 1.165) is 16.8 Å². The summed E-state index contributed by atoms with van der Waals surface area (Å²) in [5.41, 5.74) is 3.19. The van der Waals surface area contributed by atoms with Gasteiger partial charge in [-0.1, -0.05) is 61.7 Å². The number of fused-ring (bicyclic) bond motifs is 1. The molecule has 0 unspecified atom stereocenters. The van der Waals surface area contributed by atoms with Crippen molar-refractivity contribution in [1.82, 2.24) is 4.98 Å². The Morgan fingerprint density at radius 3 is 2.76 bits per heavy atom. The van der Waals surface area contributed by atoms with E-state index in [1.807, 2.05) is 42.5 Å². The van der Waals surface area contributed by atoms with Gasteiger partial charge in [-0.25, -0.2) is 0 Å². The molecule has 0 aliphatic rings. The van der Waals surface area contributed by atoms with Crippen molar-refractivity contribution in [2.75, 3.05) is 0 Å². The Labute approximate surface area is 125 Å². The number of aromatic amines is 1. The van der Waals surface area contributed by atoms with Gasteiger partial charge in [0, 0.05) is 23.6 Å². The van der Waals surface area contributed by atoms with E-state index in [-0.39, 0.29) is 0 Å². The van der Waals surface area contributed by atoms with Crippen molar-refractivity contribution >= 4 is 23.2 Å². The van der Waals surface area contributed by atoms with E-state index in [2.05, 4.69) is 41.3 Å². The van der Waals surface area contributed by atoms with Gasteiger partial charge in [-0.05, 0) is 29.2 Å². The Morgan fingerprint density at radius 1 is 1.14 bits per heavy atom. The van der Waals surface area contributed by atoms with Gasteiger partial charge in [0.15, 0.2) is 0 Å². The first-order valence-electron chi connectivity index (χ1n) is 6.73. The lowest BCUT2D eigenvalue weighted by Gasteiger charge is -1.89. The van der Waals surface area contributed by atoms with E-state index < -0.39 is 0 Å². The normalized spacial score (nSPS) is 12.9. The van der Waals surface area contributed by atoms with Crippen LogP contribution in [0.15, 0.2) is 90.6 Å². The average Bonchev–Trinajstić information content (AvgIpc) is 2.91. The van der Waals surface area contributed by atoms with Crippen molar-refractivity contribution in [2.24, 2.45) is 4.99 Å². The summed E-state index contributed by atoms with van der Waals surface area (Å²) >= 11 is 0. The Hall–Kier alpha value is -2.87. The Balaban J connectivity index is 2.08. The minimum atomic E-state index is 0.964. The van der Waals surface area contributed by atoms with Crippen LogP contribution in [-0.2, 0) is 0 Å². The second kappa shape index (κ2) is 7.65. The van der Waals surface area contributed by atoms with Gasteiger partial charge < -0.3 is 4.98 Å². The molecule has 0 spiro atoms. The summed E-state index contributed by atoms with van der Waals surface area (Å²) in [7, 11) is 0. The van der Waals surface area contributed by atoms with Crippen LogP contribution in [-0.4, -0.2) is 11.2 Å². The second-order valence-electron chi connectivity index (χ2n) is 4.39. The lowest BCUT2D eigenvalue weighted by atomic mass is 10.2. The molecule has 0 saturated carbocycles. The summed E-state index contributed by atoms with van der Waals surface area (Å²) in [5.74, 6) is 0. The lowest BCUT2D eigenvalue weighted by molar-refractivity contribution is 1.43. The summed E-state index contributed by atoms with van der Waals surface area (Å²) < 4.78 is 0. The van der Waals surface area contributed by atoms with Gasteiger partial charge in [0.2, 0.25) is 0 Å². The fourth-order valence-corrected chi connectivity index (χ4v) is 1.93. The van der Waals surface area contributed by atoms with E-state index in [1.54, 1.807) is 12.3 Å².